The van der Waals surface area contributed by atoms with E-state index in [0.717, 1.165) is 4.90 Å². The molecule has 192 valence electrons. The van der Waals surface area contributed by atoms with Crippen molar-refractivity contribution in [2.24, 2.45) is 0 Å². The van der Waals surface area contributed by atoms with Crippen LogP contribution in [0.25, 0.3) is 6.08 Å². The molecular weight excluding hydrogens is 520 g/mol. The quantitative estimate of drug-likeness (QED) is 0.263. The Balaban J connectivity index is 1.69. The van der Waals surface area contributed by atoms with Crippen molar-refractivity contribution in [2.75, 3.05) is 32.2 Å². The molecular formula is C26H23ClN2O7S. The number of thioether (sulfide) groups is 1. The summed E-state index contributed by atoms with van der Waals surface area (Å²) in [6, 6.07) is 9.26. The van der Waals surface area contributed by atoms with Crippen LogP contribution in [-0.2, 0) is 14.3 Å². The summed E-state index contributed by atoms with van der Waals surface area (Å²) in [5.41, 5.74) is 0.941. The van der Waals surface area contributed by atoms with Crippen LogP contribution in [0.15, 0.2) is 41.3 Å². The van der Waals surface area contributed by atoms with E-state index in [-0.39, 0.29) is 34.4 Å². The zero-order valence-corrected chi connectivity index (χ0v) is 21.6. The van der Waals surface area contributed by atoms with Crippen molar-refractivity contribution in [3.05, 3.63) is 57.5 Å². The number of carbonyl (C=O) groups excluding carboxylic acids is 4. The second-order valence-electron chi connectivity index (χ2n) is 7.55. The predicted octanol–water partition coefficient (Wildman–Crippen LogP) is 4.60. The van der Waals surface area contributed by atoms with Crippen molar-refractivity contribution < 1.29 is 33.4 Å². The number of rotatable bonds is 10. The van der Waals surface area contributed by atoms with Crippen LogP contribution in [0.1, 0.15) is 29.3 Å². The number of terminal acetylenes is 1. The standard InChI is InChI=1S/C26H23ClN2O7S/c1-4-10-35-20-9-6-16(12-21(20)34-3)13-22-24(31)29(26(33)37-22)15-23(30)28-17-7-8-19(27)18(14-17)25(32)36-11-5-2/h1,6-9,12-14H,5,10-11,15H2,2-3H3,(H,28,30)/b22-13-. The normalized spacial score (nSPS) is 13.9. The molecule has 0 aliphatic carbocycles. The number of carbonyl (C=O) groups is 4. The van der Waals surface area contributed by atoms with Gasteiger partial charge in [-0.2, -0.15) is 0 Å². The SMILES string of the molecule is C#CCOc1ccc(/C=C2\SC(=O)N(CC(=O)Nc3ccc(Cl)c(C(=O)OCCC)c3)C2=O)cc1OC. The fourth-order valence-corrected chi connectivity index (χ4v) is 4.21. The highest BCUT2D eigenvalue weighted by Crippen LogP contribution is 2.34. The molecule has 2 aromatic rings. The van der Waals surface area contributed by atoms with Crippen molar-refractivity contribution in [1.29, 1.82) is 0 Å². The molecule has 3 amide bonds. The molecule has 1 fully saturated rings. The number of halogens is 1. The minimum absolute atomic E-state index is 0.0664. The lowest BCUT2D eigenvalue weighted by Crippen LogP contribution is -2.36. The van der Waals surface area contributed by atoms with Crippen molar-refractivity contribution in [1.82, 2.24) is 4.90 Å². The number of anilines is 1. The topological polar surface area (TPSA) is 111 Å². The molecule has 1 N–H and O–H groups in total. The summed E-state index contributed by atoms with van der Waals surface area (Å²) in [5, 5.41) is 2.14. The van der Waals surface area contributed by atoms with Gasteiger partial charge in [-0.3, -0.25) is 19.3 Å². The van der Waals surface area contributed by atoms with Gasteiger partial charge in [0.15, 0.2) is 11.5 Å². The Kier molecular flexibility index (Phi) is 9.60. The number of hydrogen-bond acceptors (Lipinski definition) is 8. The Morgan fingerprint density at radius 2 is 1.97 bits per heavy atom. The second kappa shape index (κ2) is 12.9. The van der Waals surface area contributed by atoms with Gasteiger partial charge in [0.25, 0.3) is 11.1 Å². The number of nitrogens with one attached hydrogen (secondary N) is 1. The zero-order chi connectivity index (χ0) is 26.9. The van der Waals surface area contributed by atoms with Crippen LogP contribution in [0.2, 0.25) is 5.02 Å². The number of methoxy groups -OCH3 is 1. The summed E-state index contributed by atoms with van der Waals surface area (Å²) >= 11 is 6.79. The first-order valence-electron chi connectivity index (χ1n) is 11.0. The third-order valence-electron chi connectivity index (χ3n) is 4.88. The van der Waals surface area contributed by atoms with Gasteiger partial charge in [-0.15, -0.1) is 6.42 Å². The van der Waals surface area contributed by atoms with Gasteiger partial charge in [0.05, 0.1) is 29.2 Å². The first kappa shape index (κ1) is 27.6. The fraction of sp³-hybridized carbons (Fsp3) is 0.231. The molecule has 0 saturated carbocycles. The van der Waals surface area contributed by atoms with Crippen LogP contribution in [0.4, 0.5) is 10.5 Å². The number of amides is 3. The first-order valence-corrected chi connectivity index (χ1v) is 12.2. The summed E-state index contributed by atoms with van der Waals surface area (Å²) < 4.78 is 15.8. The van der Waals surface area contributed by atoms with Gasteiger partial charge in [-0.25, -0.2) is 4.79 Å². The number of hydrogen-bond donors (Lipinski definition) is 1. The summed E-state index contributed by atoms with van der Waals surface area (Å²) in [6.07, 6.45) is 7.37. The molecule has 2 aromatic carbocycles. The van der Waals surface area contributed by atoms with E-state index in [1.54, 1.807) is 18.2 Å². The molecule has 0 spiro atoms. The van der Waals surface area contributed by atoms with E-state index in [9.17, 15) is 19.2 Å². The summed E-state index contributed by atoms with van der Waals surface area (Å²) in [6.45, 7) is 1.64. The van der Waals surface area contributed by atoms with Crippen LogP contribution in [0, 0.1) is 12.3 Å². The Bertz CT molecular complexity index is 1300. The minimum Gasteiger partial charge on any atom is -0.493 e. The number of benzene rings is 2. The number of nitrogens with zero attached hydrogens (tertiary/aromatic N) is 1. The molecule has 1 aliphatic rings. The lowest BCUT2D eigenvalue weighted by molar-refractivity contribution is -0.127. The van der Waals surface area contributed by atoms with Crippen LogP contribution in [0.5, 0.6) is 11.5 Å². The van der Waals surface area contributed by atoms with Crippen LogP contribution in [0.3, 0.4) is 0 Å². The number of ether oxygens (including phenoxy) is 3. The third kappa shape index (κ3) is 7.06. The van der Waals surface area contributed by atoms with Gasteiger partial charge in [0.1, 0.15) is 13.2 Å². The first-order chi connectivity index (χ1) is 17.8. The van der Waals surface area contributed by atoms with Crippen molar-refractivity contribution in [2.45, 2.75) is 13.3 Å². The fourth-order valence-electron chi connectivity index (χ4n) is 3.18. The molecule has 0 unspecified atom stereocenters. The second-order valence-corrected chi connectivity index (χ2v) is 8.95. The van der Waals surface area contributed by atoms with Gasteiger partial charge in [0, 0.05) is 5.69 Å². The molecule has 3 rings (SSSR count). The molecule has 11 heteroatoms. The minimum atomic E-state index is -0.629. The number of imide groups is 1. The van der Waals surface area contributed by atoms with E-state index in [0.29, 0.717) is 35.2 Å². The summed E-state index contributed by atoms with van der Waals surface area (Å²) in [4.78, 5) is 51.0. The molecule has 1 aliphatic heterocycles. The van der Waals surface area contributed by atoms with Crippen LogP contribution >= 0.6 is 23.4 Å². The Hall–Kier alpha value is -3.94. The van der Waals surface area contributed by atoms with E-state index in [1.807, 2.05) is 6.92 Å². The average Bonchev–Trinajstić information content (AvgIpc) is 3.14. The monoisotopic (exact) mass is 542 g/mol. The Morgan fingerprint density at radius 1 is 1.19 bits per heavy atom. The highest BCUT2D eigenvalue weighted by atomic mass is 35.5. The van der Waals surface area contributed by atoms with Gasteiger partial charge in [-0.1, -0.05) is 30.5 Å². The largest absolute Gasteiger partial charge is 0.493 e. The van der Waals surface area contributed by atoms with Crippen molar-refractivity contribution >= 4 is 58.1 Å². The summed E-state index contributed by atoms with van der Waals surface area (Å²) in [7, 11) is 1.46. The van der Waals surface area contributed by atoms with Crippen molar-refractivity contribution in [3.63, 3.8) is 0 Å². The van der Waals surface area contributed by atoms with Crippen LogP contribution < -0.4 is 14.8 Å². The maximum atomic E-state index is 12.8. The van der Waals surface area contributed by atoms with Gasteiger partial charge >= 0.3 is 5.97 Å². The zero-order valence-electron chi connectivity index (χ0n) is 20.0. The molecule has 9 nitrogen and oxygen atoms in total. The molecule has 1 heterocycles. The van der Waals surface area contributed by atoms with E-state index in [2.05, 4.69) is 11.2 Å². The molecule has 0 atom stereocenters. The molecule has 1 saturated heterocycles. The molecule has 0 aromatic heterocycles. The highest BCUT2D eigenvalue weighted by Gasteiger charge is 2.36. The van der Waals surface area contributed by atoms with E-state index < -0.39 is 29.6 Å². The molecule has 0 radical (unpaired) electrons. The van der Waals surface area contributed by atoms with Gasteiger partial charge < -0.3 is 19.5 Å². The van der Waals surface area contributed by atoms with Gasteiger partial charge in [0.2, 0.25) is 5.91 Å². The smallest absolute Gasteiger partial charge is 0.339 e. The van der Waals surface area contributed by atoms with Crippen molar-refractivity contribution in [3.8, 4) is 23.8 Å². The lowest BCUT2D eigenvalue weighted by Gasteiger charge is -2.13. The van der Waals surface area contributed by atoms with Gasteiger partial charge in [-0.05, 0) is 60.2 Å². The predicted molar refractivity (Wildman–Crippen MR) is 141 cm³/mol. The maximum Gasteiger partial charge on any atom is 0.339 e. The lowest BCUT2D eigenvalue weighted by atomic mass is 10.2. The van der Waals surface area contributed by atoms with E-state index in [1.165, 1.54) is 31.4 Å². The van der Waals surface area contributed by atoms with Crippen LogP contribution in [-0.4, -0.2) is 54.8 Å². The molecule has 0 bridgehead atoms. The summed E-state index contributed by atoms with van der Waals surface area (Å²) in [5.74, 6) is 1.34. The Labute approximate surface area is 223 Å². The molecule has 37 heavy (non-hydrogen) atoms. The highest BCUT2D eigenvalue weighted by molar-refractivity contribution is 8.18. The Morgan fingerprint density at radius 3 is 2.68 bits per heavy atom. The number of esters is 1. The average molecular weight is 543 g/mol. The van der Waals surface area contributed by atoms with E-state index >= 15 is 0 Å². The van der Waals surface area contributed by atoms with E-state index in [4.69, 9.17) is 32.2 Å². The third-order valence-corrected chi connectivity index (χ3v) is 6.12. The maximum absolute atomic E-state index is 12.8.